The molecule has 2 N–H and O–H groups in total. The van der Waals surface area contributed by atoms with Crippen molar-refractivity contribution < 1.29 is 14.3 Å². The molecule has 7 heteroatoms. The van der Waals surface area contributed by atoms with Gasteiger partial charge in [0, 0.05) is 18.0 Å². The molecule has 0 saturated heterocycles. The number of rotatable bonds is 5. The van der Waals surface area contributed by atoms with Crippen molar-refractivity contribution in [2.75, 3.05) is 10.6 Å². The highest BCUT2D eigenvalue weighted by Gasteiger charge is 2.18. The molecule has 2 aromatic carbocycles. The van der Waals surface area contributed by atoms with Crippen LogP contribution in [0.15, 0.2) is 53.9 Å². The Morgan fingerprint density at radius 3 is 2.59 bits per heavy atom. The number of nitrogens with two attached hydrogens (primary N) is 1. The average molecular weight is 381 g/mol. The predicted molar refractivity (Wildman–Crippen MR) is 106 cm³/mol. The molecule has 3 aromatic rings. The van der Waals surface area contributed by atoms with Crippen molar-refractivity contribution in [1.82, 2.24) is 4.98 Å². The molecule has 0 atom stereocenters. The Hall–Kier alpha value is -3.19. The maximum absolute atomic E-state index is 12.3. The number of nitrogen functional groups attached to an aromatic ring is 1. The Bertz CT molecular complexity index is 970. The summed E-state index contributed by atoms with van der Waals surface area (Å²) in [6, 6.07) is 14.5. The van der Waals surface area contributed by atoms with Gasteiger partial charge in [0.25, 0.3) is 0 Å². The van der Waals surface area contributed by atoms with Gasteiger partial charge in [-0.05, 0) is 30.7 Å². The molecule has 27 heavy (non-hydrogen) atoms. The SMILES string of the molecule is CC(=O)N(c1ccccc1)c1nc(COC(=O)c2cccc(C)c2N)cs1. The van der Waals surface area contributed by atoms with Crippen molar-refractivity contribution in [3.8, 4) is 0 Å². The van der Waals surface area contributed by atoms with Crippen molar-refractivity contribution >= 4 is 39.7 Å². The van der Waals surface area contributed by atoms with Crippen LogP contribution in [-0.2, 0) is 16.1 Å². The van der Waals surface area contributed by atoms with E-state index in [1.54, 1.807) is 17.5 Å². The molecular formula is C20H19N3O3S. The van der Waals surface area contributed by atoms with E-state index in [1.165, 1.54) is 23.2 Å². The summed E-state index contributed by atoms with van der Waals surface area (Å²) in [5, 5.41) is 2.29. The first-order chi connectivity index (χ1) is 13.0. The molecule has 0 saturated carbocycles. The average Bonchev–Trinajstić information content (AvgIpc) is 3.11. The summed E-state index contributed by atoms with van der Waals surface area (Å²) in [7, 11) is 0. The lowest BCUT2D eigenvalue weighted by molar-refractivity contribution is -0.115. The molecule has 1 heterocycles. The summed E-state index contributed by atoms with van der Waals surface area (Å²) in [6.45, 7) is 3.32. The fourth-order valence-corrected chi connectivity index (χ4v) is 3.42. The molecular weight excluding hydrogens is 362 g/mol. The molecule has 0 spiro atoms. The highest BCUT2D eigenvalue weighted by molar-refractivity contribution is 7.14. The number of benzene rings is 2. The van der Waals surface area contributed by atoms with E-state index in [0.717, 1.165) is 11.3 Å². The van der Waals surface area contributed by atoms with Gasteiger partial charge >= 0.3 is 5.97 Å². The van der Waals surface area contributed by atoms with E-state index < -0.39 is 5.97 Å². The lowest BCUT2D eigenvalue weighted by Crippen LogP contribution is -2.22. The number of para-hydroxylation sites is 2. The second-order valence-electron chi connectivity index (χ2n) is 5.92. The van der Waals surface area contributed by atoms with Gasteiger partial charge < -0.3 is 10.5 Å². The number of esters is 1. The number of aromatic nitrogens is 1. The van der Waals surface area contributed by atoms with Crippen molar-refractivity contribution in [2.24, 2.45) is 0 Å². The first-order valence-electron chi connectivity index (χ1n) is 8.29. The molecule has 3 rings (SSSR count). The van der Waals surface area contributed by atoms with Crippen LogP contribution in [0.4, 0.5) is 16.5 Å². The van der Waals surface area contributed by atoms with E-state index in [2.05, 4.69) is 4.98 Å². The number of ether oxygens (including phenoxy) is 1. The number of anilines is 3. The lowest BCUT2D eigenvalue weighted by atomic mass is 10.1. The normalized spacial score (nSPS) is 10.4. The highest BCUT2D eigenvalue weighted by Crippen LogP contribution is 2.29. The van der Waals surface area contributed by atoms with Gasteiger partial charge in [0.15, 0.2) is 5.13 Å². The summed E-state index contributed by atoms with van der Waals surface area (Å²) < 4.78 is 5.33. The van der Waals surface area contributed by atoms with Crippen LogP contribution in [0.1, 0.15) is 28.5 Å². The molecule has 1 aromatic heterocycles. The van der Waals surface area contributed by atoms with Crippen LogP contribution in [0.5, 0.6) is 0 Å². The van der Waals surface area contributed by atoms with Crippen LogP contribution < -0.4 is 10.6 Å². The summed E-state index contributed by atoms with van der Waals surface area (Å²) in [5.41, 5.74) is 8.80. The van der Waals surface area contributed by atoms with E-state index in [4.69, 9.17) is 10.5 Å². The number of carbonyl (C=O) groups excluding carboxylic acids is 2. The monoisotopic (exact) mass is 381 g/mol. The maximum Gasteiger partial charge on any atom is 0.340 e. The third-order valence-electron chi connectivity index (χ3n) is 3.96. The van der Waals surface area contributed by atoms with Crippen LogP contribution in [0.2, 0.25) is 0 Å². The minimum absolute atomic E-state index is 0.00322. The smallest absolute Gasteiger partial charge is 0.340 e. The van der Waals surface area contributed by atoms with Crippen LogP contribution in [0.3, 0.4) is 0 Å². The molecule has 0 fully saturated rings. The van der Waals surface area contributed by atoms with Gasteiger partial charge in [-0.1, -0.05) is 30.3 Å². The zero-order valence-electron chi connectivity index (χ0n) is 15.0. The highest BCUT2D eigenvalue weighted by atomic mass is 32.1. The van der Waals surface area contributed by atoms with Crippen molar-refractivity contribution in [1.29, 1.82) is 0 Å². The largest absolute Gasteiger partial charge is 0.455 e. The summed E-state index contributed by atoms with van der Waals surface area (Å²) in [6.07, 6.45) is 0. The van der Waals surface area contributed by atoms with Gasteiger partial charge in [-0.3, -0.25) is 9.69 Å². The van der Waals surface area contributed by atoms with E-state index in [9.17, 15) is 9.59 Å². The lowest BCUT2D eigenvalue weighted by Gasteiger charge is -2.17. The molecule has 0 radical (unpaired) electrons. The van der Waals surface area contributed by atoms with E-state index in [0.29, 0.717) is 22.1 Å². The first-order valence-corrected chi connectivity index (χ1v) is 9.17. The Morgan fingerprint density at radius 1 is 1.15 bits per heavy atom. The van der Waals surface area contributed by atoms with Gasteiger partial charge in [0.2, 0.25) is 5.91 Å². The number of thiazole rings is 1. The zero-order valence-corrected chi connectivity index (χ0v) is 15.8. The fourth-order valence-electron chi connectivity index (χ4n) is 2.55. The van der Waals surface area contributed by atoms with E-state index >= 15 is 0 Å². The van der Waals surface area contributed by atoms with Gasteiger partial charge in [0.1, 0.15) is 6.61 Å². The molecule has 138 valence electrons. The fraction of sp³-hybridized carbons (Fsp3) is 0.150. The Morgan fingerprint density at radius 2 is 1.89 bits per heavy atom. The number of carbonyl (C=O) groups is 2. The molecule has 1 amide bonds. The van der Waals surface area contributed by atoms with Crippen LogP contribution in [0.25, 0.3) is 0 Å². The topological polar surface area (TPSA) is 85.5 Å². The standard InChI is InChI=1S/C20H19N3O3S/c1-13-7-6-10-17(18(13)21)19(25)26-11-15-12-27-20(22-15)23(14(2)24)16-8-4-3-5-9-16/h3-10,12H,11,21H2,1-2H3. The predicted octanol–water partition coefficient (Wildman–Crippen LogP) is 4.08. The van der Waals surface area contributed by atoms with Crippen molar-refractivity contribution in [2.45, 2.75) is 20.5 Å². The first kappa shape index (κ1) is 18.6. The molecule has 0 aliphatic rings. The molecule has 0 unspecified atom stereocenters. The van der Waals surface area contributed by atoms with E-state index in [-0.39, 0.29) is 12.5 Å². The minimum Gasteiger partial charge on any atom is -0.455 e. The summed E-state index contributed by atoms with van der Waals surface area (Å²) >= 11 is 1.31. The Balaban J connectivity index is 1.73. The van der Waals surface area contributed by atoms with Crippen LogP contribution >= 0.6 is 11.3 Å². The van der Waals surface area contributed by atoms with Crippen molar-refractivity contribution in [3.05, 3.63) is 70.7 Å². The van der Waals surface area contributed by atoms with E-state index in [1.807, 2.05) is 43.3 Å². The molecule has 6 nitrogen and oxygen atoms in total. The summed E-state index contributed by atoms with van der Waals surface area (Å²) in [4.78, 5) is 30.3. The molecule has 0 aliphatic carbocycles. The third-order valence-corrected chi connectivity index (χ3v) is 4.83. The minimum atomic E-state index is -0.503. The maximum atomic E-state index is 12.3. The number of hydrogen-bond acceptors (Lipinski definition) is 6. The van der Waals surface area contributed by atoms with Crippen molar-refractivity contribution in [3.63, 3.8) is 0 Å². The quantitative estimate of drug-likeness (QED) is 0.532. The van der Waals surface area contributed by atoms with Crippen LogP contribution in [0, 0.1) is 6.92 Å². The summed E-state index contributed by atoms with van der Waals surface area (Å²) in [5.74, 6) is -0.649. The number of nitrogens with zero attached hydrogens (tertiary/aromatic N) is 2. The van der Waals surface area contributed by atoms with Gasteiger partial charge in [-0.2, -0.15) is 0 Å². The zero-order chi connectivity index (χ0) is 19.4. The number of amides is 1. The van der Waals surface area contributed by atoms with Gasteiger partial charge in [-0.25, -0.2) is 9.78 Å². The Kier molecular flexibility index (Phi) is 5.52. The molecule has 0 aliphatic heterocycles. The second kappa shape index (κ2) is 8.01. The molecule has 0 bridgehead atoms. The number of aryl methyl sites for hydroxylation is 1. The number of hydrogen-bond donors (Lipinski definition) is 1. The second-order valence-corrected chi connectivity index (χ2v) is 6.76. The van der Waals surface area contributed by atoms with Gasteiger partial charge in [-0.15, -0.1) is 11.3 Å². The third kappa shape index (κ3) is 4.15. The van der Waals surface area contributed by atoms with Gasteiger partial charge in [0.05, 0.1) is 16.9 Å². The Labute approximate surface area is 161 Å². The van der Waals surface area contributed by atoms with Crippen LogP contribution in [-0.4, -0.2) is 16.9 Å².